The van der Waals surface area contributed by atoms with Crippen LogP contribution in [-0.4, -0.2) is 15.7 Å². The van der Waals surface area contributed by atoms with E-state index in [-0.39, 0.29) is 5.91 Å². The fourth-order valence-electron chi connectivity index (χ4n) is 2.52. The van der Waals surface area contributed by atoms with Crippen LogP contribution in [0.4, 0.5) is 0 Å². The standard InChI is InChI=1S/C19H15N3O2S/c23-19(20-12-15-8-4-10-24-15)16-13-22(14-6-2-1-3-7-14)21-18(16)17-9-5-11-25-17/h1-11,13H,12H2,(H,20,23). The Morgan fingerprint density at radius 1 is 1.12 bits per heavy atom. The Labute approximate surface area is 148 Å². The van der Waals surface area contributed by atoms with Crippen LogP contribution in [0.1, 0.15) is 16.1 Å². The first kappa shape index (κ1) is 15.4. The summed E-state index contributed by atoms with van der Waals surface area (Å²) < 4.78 is 7.00. The maximum Gasteiger partial charge on any atom is 0.255 e. The molecule has 3 heterocycles. The van der Waals surface area contributed by atoms with Crippen LogP contribution < -0.4 is 5.32 Å². The molecule has 0 unspecified atom stereocenters. The number of carbonyl (C=O) groups is 1. The zero-order valence-electron chi connectivity index (χ0n) is 13.3. The van der Waals surface area contributed by atoms with Crippen LogP contribution in [0.2, 0.25) is 0 Å². The second kappa shape index (κ2) is 6.78. The molecule has 0 aliphatic carbocycles. The predicted molar refractivity (Wildman–Crippen MR) is 96.8 cm³/mol. The molecule has 1 N–H and O–H groups in total. The number of rotatable bonds is 5. The summed E-state index contributed by atoms with van der Waals surface area (Å²) in [6.45, 7) is 0.340. The number of furan rings is 1. The average Bonchev–Trinajstić information content (AvgIpc) is 3.41. The molecule has 124 valence electrons. The summed E-state index contributed by atoms with van der Waals surface area (Å²) in [6.07, 6.45) is 3.36. The van der Waals surface area contributed by atoms with E-state index >= 15 is 0 Å². The van der Waals surface area contributed by atoms with Gasteiger partial charge in [-0.15, -0.1) is 11.3 Å². The summed E-state index contributed by atoms with van der Waals surface area (Å²) >= 11 is 1.56. The quantitative estimate of drug-likeness (QED) is 0.589. The number of thiophene rings is 1. The number of amides is 1. The highest BCUT2D eigenvalue weighted by Crippen LogP contribution is 2.27. The molecule has 1 aromatic carbocycles. The summed E-state index contributed by atoms with van der Waals surface area (Å²) in [5.41, 5.74) is 2.12. The molecule has 0 saturated heterocycles. The minimum Gasteiger partial charge on any atom is -0.467 e. The highest BCUT2D eigenvalue weighted by Gasteiger charge is 2.19. The second-order valence-electron chi connectivity index (χ2n) is 5.41. The molecule has 4 aromatic rings. The molecule has 0 atom stereocenters. The zero-order valence-corrected chi connectivity index (χ0v) is 14.1. The van der Waals surface area contributed by atoms with Gasteiger partial charge in [-0.3, -0.25) is 4.79 Å². The first-order valence-electron chi connectivity index (χ1n) is 7.81. The third-order valence-electron chi connectivity index (χ3n) is 3.74. The Hall–Kier alpha value is -3.12. The summed E-state index contributed by atoms with van der Waals surface area (Å²) in [7, 11) is 0. The molecule has 0 aliphatic rings. The molecule has 0 fully saturated rings. The van der Waals surface area contributed by atoms with Crippen molar-refractivity contribution < 1.29 is 9.21 Å². The fraction of sp³-hybridized carbons (Fsp3) is 0.0526. The van der Waals surface area contributed by atoms with Gasteiger partial charge < -0.3 is 9.73 Å². The van der Waals surface area contributed by atoms with Crippen molar-refractivity contribution in [2.24, 2.45) is 0 Å². The Morgan fingerprint density at radius 2 is 2.00 bits per heavy atom. The van der Waals surface area contributed by atoms with Crippen LogP contribution >= 0.6 is 11.3 Å². The van der Waals surface area contributed by atoms with Crippen molar-refractivity contribution in [3.63, 3.8) is 0 Å². The maximum atomic E-state index is 12.7. The Kier molecular flexibility index (Phi) is 4.18. The van der Waals surface area contributed by atoms with Crippen LogP contribution in [0.15, 0.2) is 76.9 Å². The van der Waals surface area contributed by atoms with Crippen molar-refractivity contribution >= 4 is 17.2 Å². The number of hydrogen-bond donors (Lipinski definition) is 1. The fourth-order valence-corrected chi connectivity index (χ4v) is 3.25. The lowest BCUT2D eigenvalue weighted by atomic mass is 10.2. The van der Waals surface area contributed by atoms with E-state index in [9.17, 15) is 4.79 Å². The summed E-state index contributed by atoms with van der Waals surface area (Å²) in [6, 6.07) is 17.3. The van der Waals surface area contributed by atoms with Gasteiger partial charge in [0, 0.05) is 6.20 Å². The van der Waals surface area contributed by atoms with Gasteiger partial charge in [0.2, 0.25) is 0 Å². The number of nitrogens with zero attached hydrogens (tertiary/aromatic N) is 2. The van der Waals surface area contributed by atoms with Crippen molar-refractivity contribution in [1.82, 2.24) is 15.1 Å². The highest BCUT2D eigenvalue weighted by molar-refractivity contribution is 7.13. The molecule has 0 radical (unpaired) electrons. The van der Waals surface area contributed by atoms with Crippen molar-refractivity contribution in [1.29, 1.82) is 0 Å². The van der Waals surface area contributed by atoms with Gasteiger partial charge in [0.25, 0.3) is 5.91 Å². The van der Waals surface area contributed by atoms with Gasteiger partial charge in [0.15, 0.2) is 0 Å². The van der Waals surface area contributed by atoms with Crippen molar-refractivity contribution in [3.8, 4) is 16.3 Å². The smallest absolute Gasteiger partial charge is 0.255 e. The summed E-state index contributed by atoms with van der Waals surface area (Å²) in [5.74, 6) is 0.531. The first-order valence-corrected chi connectivity index (χ1v) is 8.69. The van der Waals surface area contributed by atoms with Gasteiger partial charge in [-0.05, 0) is 35.7 Å². The van der Waals surface area contributed by atoms with Gasteiger partial charge in [-0.25, -0.2) is 4.68 Å². The van der Waals surface area contributed by atoms with Gasteiger partial charge in [-0.1, -0.05) is 24.3 Å². The molecule has 0 saturated carbocycles. The summed E-state index contributed by atoms with van der Waals surface area (Å²) in [5, 5.41) is 9.49. The lowest BCUT2D eigenvalue weighted by molar-refractivity contribution is 0.0948. The van der Waals surface area contributed by atoms with E-state index in [2.05, 4.69) is 10.4 Å². The van der Waals surface area contributed by atoms with E-state index in [1.165, 1.54) is 0 Å². The SMILES string of the molecule is O=C(NCc1ccco1)c1cn(-c2ccccc2)nc1-c1cccs1. The first-order chi connectivity index (χ1) is 12.3. The van der Waals surface area contributed by atoms with Crippen LogP contribution in [0.25, 0.3) is 16.3 Å². The molecule has 0 bridgehead atoms. The van der Waals surface area contributed by atoms with Gasteiger partial charge in [0.1, 0.15) is 11.5 Å². The molecule has 3 aromatic heterocycles. The predicted octanol–water partition coefficient (Wildman–Crippen LogP) is 4.12. The second-order valence-corrected chi connectivity index (χ2v) is 6.36. The number of nitrogens with one attached hydrogen (secondary N) is 1. The third-order valence-corrected chi connectivity index (χ3v) is 4.61. The monoisotopic (exact) mass is 349 g/mol. The van der Waals surface area contributed by atoms with Gasteiger partial charge >= 0.3 is 0 Å². The van der Waals surface area contributed by atoms with Crippen LogP contribution in [0.5, 0.6) is 0 Å². The Morgan fingerprint density at radius 3 is 2.72 bits per heavy atom. The minimum absolute atomic E-state index is 0.179. The molecule has 0 spiro atoms. The Balaban J connectivity index is 1.67. The van der Waals surface area contributed by atoms with E-state index in [0.29, 0.717) is 23.6 Å². The molecule has 25 heavy (non-hydrogen) atoms. The van der Waals surface area contributed by atoms with Crippen LogP contribution in [-0.2, 0) is 6.54 Å². The third kappa shape index (κ3) is 3.25. The number of para-hydroxylation sites is 1. The van der Waals surface area contributed by atoms with Crippen LogP contribution in [0, 0.1) is 0 Å². The van der Waals surface area contributed by atoms with Crippen molar-refractivity contribution in [3.05, 3.63) is 83.8 Å². The molecular formula is C19H15N3O2S. The van der Waals surface area contributed by atoms with E-state index < -0.39 is 0 Å². The molecule has 4 rings (SSSR count). The van der Waals surface area contributed by atoms with Crippen LogP contribution in [0.3, 0.4) is 0 Å². The van der Waals surface area contributed by atoms with E-state index in [1.54, 1.807) is 34.5 Å². The Bertz CT molecular complexity index is 958. The number of aromatic nitrogens is 2. The molecular weight excluding hydrogens is 334 g/mol. The maximum absolute atomic E-state index is 12.7. The van der Waals surface area contributed by atoms with Gasteiger partial charge in [0.05, 0.1) is 28.9 Å². The molecule has 1 amide bonds. The largest absolute Gasteiger partial charge is 0.467 e. The minimum atomic E-state index is -0.179. The average molecular weight is 349 g/mol. The number of benzene rings is 1. The lowest BCUT2D eigenvalue weighted by Gasteiger charge is -2.02. The van der Waals surface area contributed by atoms with Gasteiger partial charge in [-0.2, -0.15) is 5.10 Å². The normalized spacial score (nSPS) is 10.7. The van der Waals surface area contributed by atoms with E-state index in [1.807, 2.05) is 53.9 Å². The number of hydrogen-bond acceptors (Lipinski definition) is 4. The lowest BCUT2D eigenvalue weighted by Crippen LogP contribution is -2.22. The van der Waals surface area contributed by atoms with E-state index in [4.69, 9.17) is 4.42 Å². The highest BCUT2D eigenvalue weighted by atomic mass is 32.1. The van der Waals surface area contributed by atoms with Crippen molar-refractivity contribution in [2.75, 3.05) is 0 Å². The molecule has 5 nitrogen and oxygen atoms in total. The number of carbonyl (C=O) groups excluding carboxylic acids is 1. The van der Waals surface area contributed by atoms with Crippen molar-refractivity contribution in [2.45, 2.75) is 6.54 Å². The zero-order chi connectivity index (χ0) is 17.1. The summed E-state index contributed by atoms with van der Waals surface area (Å²) in [4.78, 5) is 13.7. The topological polar surface area (TPSA) is 60.1 Å². The molecule has 0 aliphatic heterocycles. The molecule has 6 heteroatoms. The van der Waals surface area contributed by atoms with E-state index in [0.717, 1.165) is 10.6 Å².